The van der Waals surface area contributed by atoms with E-state index in [1.165, 1.54) is 0 Å². The summed E-state index contributed by atoms with van der Waals surface area (Å²) in [6.07, 6.45) is 0.0188. The molecule has 6 nitrogen and oxygen atoms in total. The molecule has 0 atom stereocenters. The summed E-state index contributed by atoms with van der Waals surface area (Å²) in [6.45, 7) is 1.50. The smallest absolute Gasteiger partial charge is 0.304 e. The number of carboxylic acids is 1. The highest BCUT2D eigenvalue weighted by Gasteiger charge is 2.16. The number of Topliss-reactive ketones (excluding diaryl/α,β-unsaturated/α-hetero) is 1. The van der Waals surface area contributed by atoms with Gasteiger partial charge in [-0.1, -0.05) is 0 Å². The Morgan fingerprint density at radius 1 is 1.25 bits per heavy atom. The van der Waals surface area contributed by atoms with Crippen molar-refractivity contribution >= 4 is 11.8 Å². The molecule has 1 aromatic carbocycles. The van der Waals surface area contributed by atoms with Crippen LogP contribution in [0, 0.1) is 0 Å². The maximum Gasteiger partial charge on any atom is 0.304 e. The number of hydrogen-bond donors (Lipinski definition) is 1. The first-order valence-electron chi connectivity index (χ1n) is 6.39. The normalized spacial score (nSPS) is 13.3. The number of carbonyl (C=O) groups is 2. The largest absolute Gasteiger partial charge is 0.486 e. The van der Waals surface area contributed by atoms with Gasteiger partial charge in [-0.3, -0.25) is 14.5 Å². The second-order valence-electron chi connectivity index (χ2n) is 4.66. The highest BCUT2D eigenvalue weighted by molar-refractivity contribution is 5.98. The highest BCUT2D eigenvalue weighted by Crippen LogP contribution is 2.30. The first kappa shape index (κ1) is 14.3. The van der Waals surface area contributed by atoms with Crippen LogP contribution in [0.3, 0.4) is 0 Å². The number of benzene rings is 1. The van der Waals surface area contributed by atoms with E-state index in [4.69, 9.17) is 14.6 Å². The molecule has 1 aliphatic rings. The van der Waals surface area contributed by atoms with Crippen LogP contribution in [0.4, 0.5) is 0 Å². The maximum atomic E-state index is 12.1. The van der Waals surface area contributed by atoms with E-state index in [1.807, 2.05) is 0 Å². The molecule has 0 unspecified atom stereocenters. The quantitative estimate of drug-likeness (QED) is 0.784. The molecular weight excluding hydrogens is 262 g/mol. The van der Waals surface area contributed by atoms with E-state index in [0.29, 0.717) is 36.8 Å². The lowest BCUT2D eigenvalue weighted by Crippen LogP contribution is -2.28. The van der Waals surface area contributed by atoms with Gasteiger partial charge in [-0.05, 0) is 25.2 Å². The maximum absolute atomic E-state index is 12.1. The van der Waals surface area contributed by atoms with Gasteiger partial charge in [-0.25, -0.2) is 0 Å². The van der Waals surface area contributed by atoms with Crippen LogP contribution in [0.2, 0.25) is 0 Å². The number of nitrogens with zero attached hydrogens (tertiary/aromatic N) is 1. The van der Waals surface area contributed by atoms with Crippen molar-refractivity contribution in [2.45, 2.75) is 6.42 Å². The summed E-state index contributed by atoms with van der Waals surface area (Å²) in [5.74, 6) is 0.279. The average Bonchev–Trinajstić information content (AvgIpc) is 2.44. The van der Waals surface area contributed by atoms with Crippen LogP contribution in [0.25, 0.3) is 0 Å². The van der Waals surface area contributed by atoms with Crippen LogP contribution in [0.1, 0.15) is 16.8 Å². The van der Waals surface area contributed by atoms with Crippen molar-refractivity contribution in [2.24, 2.45) is 0 Å². The van der Waals surface area contributed by atoms with Crippen LogP contribution >= 0.6 is 0 Å². The first-order chi connectivity index (χ1) is 9.56. The molecule has 0 aliphatic carbocycles. The number of ketones is 1. The van der Waals surface area contributed by atoms with Crippen molar-refractivity contribution in [2.75, 3.05) is 33.4 Å². The summed E-state index contributed by atoms with van der Waals surface area (Å²) in [5.41, 5.74) is 0.538. The third kappa shape index (κ3) is 3.71. The summed E-state index contributed by atoms with van der Waals surface area (Å²) in [5, 5.41) is 8.60. The number of carbonyl (C=O) groups excluding carboxylic acids is 1. The molecule has 0 saturated heterocycles. The molecular formula is C14H17NO5. The molecule has 108 valence electrons. The zero-order valence-electron chi connectivity index (χ0n) is 11.3. The third-order valence-electron chi connectivity index (χ3n) is 2.99. The van der Waals surface area contributed by atoms with Gasteiger partial charge >= 0.3 is 5.97 Å². The van der Waals surface area contributed by atoms with Gasteiger partial charge in [0.2, 0.25) is 0 Å². The van der Waals surface area contributed by atoms with E-state index >= 15 is 0 Å². The topological polar surface area (TPSA) is 76.1 Å². The van der Waals surface area contributed by atoms with E-state index < -0.39 is 5.97 Å². The first-order valence-corrected chi connectivity index (χ1v) is 6.39. The van der Waals surface area contributed by atoms with Gasteiger partial charge in [-0.2, -0.15) is 0 Å². The molecule has 20 heavy (non-hydrogen) atoms. The molecule has 0 radical (unpaired) electrons. The summed E-state index contributed by atoms with van der Waals surface area (Å²) in [4.78, 5) is 24.3. The number of fused-ring (bicyclic) bond motifs is 1. The molecule has 0 spiro atoms. The van der Waals surface area contributed by atoms with Gasteiger partial charge in [0, 0.05) is 12.1 Å². The fourth-order valence-corrected chi connectivity index (χ4v) is 1.92. The Morgan fingerprint density at radius 2 is 1.95 bits per heavy atom. The molecule has 6 heteroatoms. The number of likely N-dealkylation sites (N-methyl/N-ethyl adjacent to an activating group) is 1. The van der Waals surface area contributed by atoms with E-state index in [0.717, 1.165) is 0 Å². The van der Waals surface area contributed by atoms with Gasteiger partial charge in [-0.15, -0.1) is 0 Å². The Kier molecular flexibility index (Phi) is 4.57. The molecule has 0 aromatic heterocycles. The number of aliphatic carboxylic acids is 1. The summed E-state index contributed by atoms with van der Waals surface area (Å²) in [6, 6.07) is 5.09. The number of carboxylic acid groups (broad SMARTS) is 1. The Hall–Kier alpha value is -2.08. The van der Waals surface area contributed by atoms with Gasteiger partial charge < -0.3 is 14.6 Å². The predicted octanol–water partition coefficient (Wildman–Crippen LogP) is 1.05. The third-order valence-corrected chi connectivity index (χ3v) is 2.99. The molecule has 1 heterocycles. The minimum Gasteiger partial charge on any atom is -0.486 e. The highest BCUT2D eigenvalue weighted by atomic mass is 16.6. The average molecular weight is 279 g/mol. The fourth-order valence-electron chi connectivity index (χ4n) is 1.92. The molecule has 1 aromatic rings. The Bertz CT molecular complexity index is 514. The van der Waals surface area contributed by atoms with Gasteiger partial charge in [0.1, 0.15) is 13.2 Å². The van der Waals surface area contributed by atoms with E-state index in [1.54, 1.807) is 30.1 Å². The lowest BCUT2D eigenvalue weighted by Gasteiger charge is -2.19. The van der Waals surface area contributed by atoms with Crippen molar-refractivity contribution in [3.8, 4) is 11.5 Å². The minimum atomic E-state index is -0.872. The lowest BCUT2D eigenvalue weighted by atomic mass is 10.1. The van der Waals surface area contributed by atoms with E-state index in [9.17, 15) is 9.59 Å². The second-order valence-corrected chi connectivity index (χ2v) is 4.66. The molecule has 0 amide bonds. The molecule has 1 N–H and O–H groups in total. The van der Waals surface area contributed by atoms with E-state index in [-0.39, 0.29) is 18.7 Å². The monoisotopic (exact) mass is 279 g/mol. The van der Waals surface area contributed by atoms with Crippen molar-refractivity contribution in [1.82, 2.24) is 4.90 Å². The summed E-state index contributed by atoms with van der Waals surface area (Å²) < 4.78 is 10.8. The van der Waals surface area contributed by atoms with Crippen LogP contribution in [-0.4, -0.2) is 55.1 Å². The van der Waals surface area contributed by atoms with Crippen LogP contribution in [0.15, 0.2) is 18.2 Å². The zero-order valence-corrected chi connectivity index (χ0v) is 11.3. The number of hydrogen-bond acceptors (Lipinski definition) is 5. The minimum absolute atomic E-state index is 0.0188. The van der Waals surface area contributed by atoms with Crippen molar-refractivity contribution in [3.05, 3.63) is 23.8 Å². The van der Waals surface area contributed by atoms with Crippen LogP contribution in [-0.2, 0) is 4.79 Å². The summed E-state index contributed by atoms with van der Waals surface area (Å²) >= 11 is 0. The number of rotatable bonds is 6. The number of ether oxygens (including phenoxy) is 2. The van der Waals surface area contributed by atoms with Crippen molar-refractivity contribution in [3.63, 3.8) is 0 Å². The van der Waals surface area contributed by atoms with Crippen LogP contribution < -0.4 is 9.47 Å². The van der Waals surface area contributed by atoms with Gasteiger partial charge in [0.25, 0.3) is 0 Å². The van der Waals surface area contributed by atoms with Gasteiger partial charge in [0.05, 0.1) is 13.0 Å². The summed E-state index contributed by atoms with van der Waals surface area (Å²) in [7, 11) is 1.72. The Labute approximate surface area is 116 Å². The van der Waals surface area contributed by atoms with Crippen molar-refractivity contribution in [1.29, 1.82) is 0 Å². The fraction of sp³-hybridized carbons (Fsp3) is 0.429. The Balaban J connectivity index is 1.97. The van der Waals surface area contributed by atoms with Gasteiger partial charge in [0.15, 0.2) is 17.3 Å². The molecule has 0 fully saturated rings. The second kappa shape index (κ2) is 6.38. The predicted molar refractivity (Wildman–Crippen MR) is 71.5 cm³/mol. The molecule has 0 saturated carbocycles. The Morgan fingerprint density at radius 3 is 2.65 bits per heavy atom. The molecule has 2 rings (SSSR count). The molecule has 1 aliphatic heterocycles. The molecule has 0 bridgehead atoms. The van der Waals surface area contributed by atoms with Crippen molar-refractivity contribution < 1.29 is 24.2 Å². The lowest BCUT2D eigenvalue weighted by molar-refractivity contribution is -0.137. The van der Waals surface area contributed by atoms with Crippen LogP contribution in [0.5, 0.6) is 11.5 Å². The SMILES string of the molecule is CN(CCC(=O)O)CC(=O)c1ccc2c(c1)OCCO2. The van der Waals surface area contributed by atoms with E-state index in [2.05, 4.69) is 0 Å². The zero-order chi connectivity index (χ0) is 14.5. The standard InChI is InChI=1S/C14H17NO5/c1-15(5-4-14(17)18)9-11(16)10-2-3-12-13(8-10)20-7-6-19-12/h2-3,8H,4-7,9H2,1H3,(H,17,18).